The zero-order chi connectivity index (χ0) is 22.1. The van der Waals surface area contributed by atoms with Crippen molar-refractivity contribution < 1.29 is 0 Å². The lowest BCUT2D eigenvalue weighted by atomic mass is 10.1. The average Bonchev–Trinajstić information content (AvgIpc) is 3.33. The lowest BCUT2D eigenvalue weighted by molar-refractivity contribution is 0.384. The molecule has 0 spiro atoms. The summed E-state index contributed by atoms with van der Waals surface area (Å²) in [4.78, 5) is 2.42. The molecule has 1 N–H and O–H groups in total. The Morgan fingerprint density at radius 3 is 2.77 bits per heavy atom. The Bertz CT molecular complexity index is 873. The highest BCUT2D eigenvalue weighted by molar-refractivity contribution is 6.30. The van der Waals surface area contributed by atoms with Crippen molar-refractivity contribution in [3.8, 4) is 5.69 Å². The van der Waals surface area contributed by atoms with Gasteiger partial charge < -0.3 is 10.2 Å². The minimum atomic E-state index is 0.729. The van der Waals surface area contributed by atoms with Gasteiger partial charge in [-0.3, -0.25) is 4.57 Å². The van der Waals surface area contributed by atoms with Gasteiger partial charge in [0.15, 0.2) is 0 Å². The van der Waals surface area contributed by atoms with E-state index in [4.69, 9.17) is 11.6 Å². The van der Waals surface area contributed by atoms with Gasteiger partial charge >= 0.3 is 0 Å². The Morgan fingerprint density at radius 1 is 1.16 bits per heavy atom. The van der Waals surface area contributed by atoms with Gasteiger partial charge in [-0.25, -0.2) is 0 Å². The number of likely N-dealkylation sites (tertiary alicyclic amines) is 1. The average molecular weight is 442 g/mol. The van der Waals surface area contributed by atoms with E-state index in [1.807, 2.05) is 31.2 Å². The second-order valence-electron chi connectivity index (χ2n) is 8.43. The maximum Gasteiger partial charge on any atom is 0.137 e. The third-order valence-corrected chi connectivity index (χ3v) is 6.14. The van der Waals surface area contributed by atoms with Gasteiger partial charge in [0.25, 0.3) is 0 Å². The Morgan fingerprint density at radius 2 is 2.00 bits per heavy atom. The number of rotatable bonds is 13. The topological polar surface area (TPSA) is 46.0 Å². The molecule has 1 aromatic carbocycles. The number of hydrogen-bond acceptors (Lipinski definition) is 4. The molecule has 5 nitrogen and oxygen atoms in total. The molecule has 0 unspecified atom stereocenters. The van der Waals surface area contributed by atoms with Crippen LogP contribution >= 0.6 is 11.6 Å². The normalized spacial score (nSPS) is 13.7. The molecule has 0 aliphatic carbocycles. The summed E-state index contributed by atoms with van der Waals surface area (Å²) in [5, 5.41) is 12.9. The molecule has 1 aliphatic heterocycles. The molecule has 3 rings (SSSR count). The standard InChI is InChI=1S/C25H36ClN5/c1-20(27-16-10-18-30-17-9-12-21(30)2)11-6-4-5-7-15-25-29-28-22(3)31(25)24-14-8-13-23(26)19-24/h8,13-14,19,27H,1-2,4-7,9-12,15-18H2,3H3. The van der Waals surface area contributed by atoms with Gasteiger partial charge in [-0.15, -0.1) is 10.2 Å². The summed E-state index contributed by atoms with van der Waals surface area (Å²) >= 11 is 6.16. The van der Waals surface area contributed by atoms with Crippen LogP contribution in [0.4, 0.5) is 0 Å². The predicted molar refractivity (Wildman–Crippen MR) is 130 cm³/mol. The molecule has 0 radical (unpaired) electrons. The molecule has 1 fully saturated rings. The van der Waals surface area contributed by atoms with E-state index >= 15 is 0 Å². The van der Waals surface area contributed by atoms with Crippen LogP contribution in [0.1, 0.15) is 63.0 Å². The van der Waals surface area contributed by atoms with Crippen molar-refractivity contribution in [2.45, 2.75) is 64.7 Å². The van der Waals surface area contributed by atoms with Crippen LogP contribution in [0.15, 0.2) is 48.8 Å². The van der Waals surface area contributed by atoms with Gasteiger partial charge in [0, 0.05) is 42.5 Å². The fourth-order valence-corrected chi connectivity index (χ4v) is 4.36. The summed E-state index contributed by atoms with van der Waals surface area (Å²) in [7, 11) is 0. The molecule has 0 amide bonds. The van der Waals surface area contributed by atoms with E-state index in [-0.39, 0.29) is 0 Å². The van der Waals surface area contributed by atoms with Crippen LogP contribution in [-0.2, 0) is 6.42 Å². The second-order valence-corrected chi connectivity index (χ2v) is 8.87. The van der Waals surface area contributed by atoms with Crippen molar-refractivity contribution in [2.75, 3.05) is 19.6 Å². The molecule has 0 bridgehead atoms. The Hall–Kier alpha value is -2.27. The molecule has 31 heavy (non-hydrogen) atoms. The summed E-state index contributed by atoms with van der Waals surface area (Å²) < 4.78 is 2.11. The largest absolute Gasteiger partial charge is 0.389 e. The molecule has 2 heterocycles. The van der Waals surface area contributed by atoms with E-state index in [1.165, 1.54) is 44.3 Å². The van der Waals surface area contributed by atoms with Gasteiger partial charge in [0.2, 0.25) is 0 Å². The van der Waals surface area contributed by atoms with E-state index in [1.54, 1.807) is 0 Å². The minimum Gasteiger partial charge on any atom is -0.389 e. The van der Waals surface area contributed by atoms with E-state index in [9.17, 15) is 0 Å². The maximum atomic E-state index is 6.16. The zero-order valence-corrected chi connectivity index (χ0v) is 19.6. The predicted octanol–water partition coefficient (Wildman–Crippen LogP) is 5.83. The van der Waals surface area contributed by atoms with Crippen LogP contribution in [0, 0.1) is 6.92 Å². The lowest BCUT2D eigenvalue weighted by Gasteiger charge is -2.19. The number of hydrogen-bond donors (Lipinski definition) is 1. The second kappa shape index (κ2) is 11.9. The smallest absolute Gasteiger partial charge is 0.137 e. The van der Waals surface area contributed by atoms with Crippen LogP contribution in [0.5, 0.6) is 0 Å². The Labute approximate surface area is 192 Å². The summed E-state index contributed by atoms with van der Waals surface area (Å²) in [6, 6.07) is 7.86. The zero-order valence-electron chi connectivity index (χ0n) is 18.9. The first-order valence-corrected chi connectivity index (χ1v) is 11.9. The summed E-state index contributed by atoms with van der Waals surface area (Å²) in [6.45, 7) is 13.6. The SMILES string of the molecule is C=C(CCCCCCc1nnc(C)n1-c1cccc(Cl)c1)NCCCN1CCCC1=C. The highest BCUT2D eigenvalue weighted by Crippen LogP contribution is 2.20. The fourth-order valence-electron chi connectivity index (χ4n) is 4.18. The first kappa shape index (κ1) is 23.4. The van der Waals surface area contributed by atoms with Crippen LogP contribution in [0.25, 0.3) is 5.69 Å². The molecule has 6 heteroatoms. The van der Waals surface area contributed by atoms with Gasteiger partial charge in [-0.1, -0.05) is 43.7 Å². The van der Waals surface area contributed by atoms with Gasteiger partial charge in [-0.05, 0) is 63.6 Å². The number of benzene rings is 1. The van der Waals surface area contributed by atoms with Gasteiger partial charge in [0.05, 0.1) is 5.69 Å². The van der Waals surface area contributed by atoms with Gasteiger partial charge in [0.1, 0.15) is 11.6 Å². The third kappa shape index (κ3) is 7.13. The van der Waals surface area contributed by atoms with Gasteiger partial charge in [-0.2, -0.15) is 0 Å². The molecule has 168 valence electrons. The summed E-state index contributed by atoms with van der Waals surface area (Å²) in [5.41, 5.74) is 3.50. The van der Waals surface area contributed by atoms with E-state index < -0.39 is 0 Å². The van der Waals surface area contributed by atoms with Crippen LogP contribution < -0.4 is 5.32 Å². The van der Waals surface area contributed by atoms with Crippen molar-refractivity contribution in [2.24, 2.45) is 0 Å². The van der Waals surface area contributed by atoms with Crippen molar-refractivity contribution in [1.82, 2.24) is 25.0 Å². The highest BCUT2D eigenvalue weighted by atomic mass is 35.5. The van der Waals surface area contributed by atoms with Crippen LogP contribution in [-0.4, -0.2) is 39.3 Å². The van der Waals surface area contributed by atoms with Crippen molar-refractivity contribution >= 4 is 11.6 Å². The molecule has 1 aliphatic rings. The molecular weight excluding hydrogens is 406 g/mol. The number of nitrogens with one attached hydrogen (secondary N) is 1. The van der Waals surface area contributed by atoms with Crippen LogP contribution in [0.3, 0.4) is 0 Å². The van der Waals surface area contributed by atoms with Crippen molar-refractivity contribution in [3.05, 3.63) is 65.5 Å². The maximum absolute atomic E-state index is 6.16. The Balaban J connectivity index is 1.28. The molecule has 1 aromatic heterocycles. The third-order valence-electron chi connectivity index (χ3n) is 5.91. The fraction of sp³-hybridized carbons (Fsp3) is 0.520. The molecule has 1 saturated heterocycles. The lowest BCUT2D eigenvalue weighted by Crippen LogP contribution is -2.23. The quantitative estimate of drug-likeness (QED) is 0.397. The number of aryl methyl sites for hydroxylation is 2. The first-order valence-electron chi connectivity index (χ1n) is 11.6. The molecule has 0 saturated carbocycles. The summed E-state index contributed by atoms with van der Waals surface area (Å²) in [6.07, 6.45) is 10.2. The van der Waals surface area contributed by atoms with E-state index in [0.717, 1.165) is 66.8 Å². The highest BCUT2D eigenvalue weighted by Gasteiger charge is 2.13. The van der Waals surface area contributed by atoms with Crippen molar-refractivity contribution in [1.29, 1.82) is 0 Å². The first-order chi connectivity index (χ1) is 15.0. The summed E-state index contributed by atoms with van der Waals surface area (Å²) in [5.74, 6) is 1.90. The Kier molecular flexibility index (Phi) is 9.01. The molecule has 0 atom stereocenters. The number of halogens is 1. The minimum absolute atomic E-state index is 0.729. The number of nitrogens with zero attached hydrogens (tertiary/aromatic N) is 4. The number of aromatic nitrogens is 3. The van der Waals surface area contributed by atoms with Crippen LogP contribution in [0.2, 0.25) is 5.02 Å². The van der Waals surface area contributed by atoms with Crippen molar-refractivity contribution in [3.63, 3.8) is 0 Å². The molecule has 2 aromatic rings. The monoisotopic (exact) mass is 441 g/mol. The van der Waals surface area contributed by atoms with E-state index in [2.05, 4.69) is 38.1 Å². The number of allylic oxidation sites excluding steroid dienone is 2. The number of unbranched alkanes of at least 4 members (excludes halogenated alkanes) is 3. The molecular formula is C25H36ClN5. The van der Waals surface area contributed by atoms with E-state index in [0.29, 0.717) is 0 Å².